The Hall–Kier alpha value is -1.76. The van der Waals surface area contributed by atoms with Gasteiger partial charge in [-0.3, -0.25) is 0 Å². The van der Waals surface area contributed by atoms with E-state index < -0.39 is 0 Å². The van der Waals surface area contributed by atoms with Crippen molar-refractivity contribution < 1.29 is 0 Å². The summed E-state index contributed by atoms with van der Waals surface area (Å²) in [6, 6.07) is 15.6. The lowest BCUT2D eigenvalue weighted by Gasteiger charge is -2.16. The molecule has 0 saturated carbocycles. The maximum atomic E-state index is 2.54. The van der Waals surface area contributed by atoms with Gasteiger partial charge in [-0.15, -0.1) is 0 Å². The SMILES string of the molecule is c1ccc2cc(N3CCCC3)c3ccc(c1)c23. The Morgan fingerprint density at radius 3 is 2.41 bits per heavy atom. The van der Waals surface area contributed by atoms with Gasteiger partial charge in [0, 0.05) is 24.2 Å². The second-order valence-corrected chi connectivity index (χ2v) is 4.97. The molecule has 3 aromatic rings. The lowest BCUT2D eigenvalue weighted by molar-refractivity contribution is 0.949. The van der Waals surface area contributed by atoms with Gasteiger partial charge in [-0.25, -0.2) is 0 Å². The predicted octanol–water partition coefficient (Wildman–Crippen LogP) is 4.03. The molecule has 1 saturated heterocycles. The van der Waals surface area contributed by atoms with E-state index in [1.807, 2.05) is 0 Å². The van der Waals surface area contributed by atoms with E-state index in [4.69, 9.17) is 0 Å². The largest absolute Gasteiger partial charge is 0.371 e. The molecule has 0 radical (unpaired) electrons. The molecule has 1 aliphatic rings. The van der Waals surface area contributed by atoms with E-state index >= 15 is 0 Å². The molecule has 0 amide bonds. The highest BCUT2D eigenvalue weighted by Crippen LogP contribution is 2.38. The molecule has 1 nitrogen and oxygen atoms in total. The van der Waals surface area contributed by atoms with Crippen LogP contribution in [0.1, 0.15) is 12.8 Å². The standard InChI is InChI=1S/C16H15N/c1-2-6-13-11-15(17-9-3-4-10-17)14-8-7-12(5-1)16(13)14/h1-2,5-8,11H,3-4,9-10H2. The highest BCUT2D eigenvalue weighted by atomic mass is 15.1. The molecule has 0 spiro atoms. The van der Waals surface area contributed by atoms with E-state index in [0.717, 1.165) is 0 Å². The fraction of sp³-hybridized carbons (Fsp3) is 0.250. The summed E-state index contributed by atoms with van der Waals surface area (Å²) in [5.41, 5.74) is 1.44. The third kappa shape index (κ3) is 1.25. The zero-order valence-electron chi connectivity index (χ0n) is 9.82. The van der Waals surface area contributed by atoms with Crippen LogP contribution in [0.5, 0.6) is 0 Å². The van der Waals surface area contributed by atoms with Crippen LogP contribution in [0.2, 0.25) is 0 Å². The van der Waals surface area contributed by atoms with E-state index in [1.165, 1.54) is 53.2 Å². The Kier molecular flexibility index (Phi) is 1.84. The van der Waals surface area contributed by atoms with Gasteiger partial charge >= 0.3 is 0 Å². The topological polar surface area (TPSA) is 3.24 Å². The van der Waals surface area contributed by atoms with Crippen LogP contribution in [0.3, 0.4) is 0 Å². The average Bonchev–Trinajstić information content (AvgIpc) is 3.00. The molecule has 1 heterocycles. The first kappa shape index (κ1) is 9.29. The van der Waals surface area contributed by atoms with E-state index in [9.17, 15) is 0 Å². The van der Waals surface area contributed by atoms with Gasteiger partial charge in [0.05, 0.1) is 0 Å². The normalized spacial score (nSPS) is 16.4. The minimum Gasteiger partial charge on any atom is -0.371 e. The van der Waals surface area contributed by atoms with Crippen LogP contribution < -0.4 is 4.90 Å². The Morgan fingerprint density at radius 1 is 0.824 bits per heavy atom. The van der Waals surface area contributed by atoms with Crippen molar-refractivity contribution in [3.63, 3.8) is 0 Å². The van der Waals surface area contributed by atoms with Crippen LogP contribution in [0.4, 0.5) is 5.69 Å². The van der Waals surface area contributed by atoms with Gasteiger partial charge in [-0.05, 0) is 35.1 Å². The molecule has 0 atom stereocenters. The maximum absolute atomic E-state index is 2.54. The van der Waals surface area contributed by atoms with Crippen molar-refractivity contribution >= 4 is 27.2 Å². The summed E-state index contributed by atoms with van der Waals surface area (Å²) in [4.78, 5) is 2.54. The molecule has 0 N–H and O–H groups in total. The third-order valence-corrected chi connectivity index (χ3v) is 3.95. The molecule has 0 aromatic heterocycles. The first-order valence-electron chi connectivity index (χ1n) is 6.42. The molecule has 3 aromatic carbocycles. The number of nitrogens with zero attached hydrogens (tertiary/aromatic N) is 1. The summed E-state index contributed by atoms with van der Waals surface area (Å²) in [6.45, 7) is 2.44. The smallest absolute Gasteiger partial charge is 0.0452 e. The van der Waals surface area contributed by atoms with Crippen molar-refractivity contribution in [3.8, 4) is 0 Å². The molecule has 0 aliphatic carbocycles. The molecule has 1 fully saturated rings. The van der Waals surface area contributed by atoms with Gasteiger partial charge in [-0.1, -0.05) is 36.4 Å². The van der Waals surface area contributed by atoms with Crippen molar-refractivity contribution in [2.24, 2.45) is 0 Å². The first-order chi connectivity index (χ1) is 8.43. The van der Waals surface area contributed by atoms with Crippen LogP contribution in [-0.4, -0.2) is 13.1 Å². The van der Waals surface area contributed by atoms with Gasteiger partial charge in [0.2, 0.25) is 0 Å². The van der Waals surface area contributed by atoms with Gasteiger partial charge in [-0.2, -0.15) is 0 Å². The third-order valence-electron chi connectivity index (χ3n) is 3.95. The molecule has 4 rings (SSSR count). The monoisotopic (exact) mass is 221 g/mol. The molecule has 1 heteroatoms. The summed E-state index contributed by atoms with van der Waals surface area (Å²) in [5.74, 6) is 0. The molecule has 84 valence electrons. The zero-order valence-corrected chi connectivity index (χ0v) is 9.82. The van der Waals surface area contributed by atoms with Crippen LogP contribution in [0.15, 0.2) is 42.5 Å². The van der Waals surface area contributed by atoms with Gasteiger partial charge in [0.1, 0.15) is 0 Å². The summed E-state index contributed by atoms with van der Waals surface area (Å²) in [7, 11) is 0. The van der Waals surface area contributed by atoms with Crippen LogP contribution >= 0.6 is 0 Å². The second-order valence-electron chi connectivity index (χ2n) is 4.97. The van der Waals surface area contributed by atoms with Crippen molar-refractivity contribution in [2.45, 2.75) is 12.8 Å². The number of hydrogen-bond acceptors (Lipinski definition) is 1. The molecule has 1 aliphatic heterocycles. The summed E-state index contributed by atoms with van der Waals surface area (Å²) in [6.07, 6.45) is 2.68. The molecule has 17 heavy (non-hydrogen) atoms. The molecule has 0 bridgehead atoms. The Morgan fingerprint density at radius 2 is 1.59 bits per heavy atom. The second kappa shape index (κ2) is 3.36. The van der Waals surface area contributed by atoms with Crippen molar-refractivity contribution in [2.75, 3.05) is 18.0 Å². The lowest BCUT2D eigenvalue weighted by Crippen LogP contribution is -2.16. The highest BCUT2D eigenvalue weighted by molar-refractivity contribution is 6.18. The Bertz CT molecular complexity index is 665. The average molecular weight is 221 g/mol. The predicted molar refractivity (Wildman–Crippen MR) is 74.1 cm³/mol. The van der Waals surface area contributed by atoms with Gasteiger partial charge < -0.3 is 4.90 Å². The van der Waals surface area contributed by atoms with E-state index in [2.05, 4.69) is 47.4 Å². The first-order valence-corrected chi connectivity index (χ1v) is 6.42. The van der Waals surface area contributed by atoms with Crippen LogP contribution in [0, 0.1) is 0 Å². The summed E-state index contributed by atoms with van der Waals surface area (Å²) >= 11 is 0. The van der Waals surface area contributed by atoms with Crippen molar-refractivity contribution in [1.82, 2.24) is 0 Å². The summed E-state index contributed by atoms with van der Waals surface area (Å²) in [5, 5.41) is 5.63. The molecule has 0 unspecified atom stereocenters. The minimum atomic E-state index is 1.22. The van der Waals surface area contributed by atoms with E-state index in [1.54, 1.807) is 0 Å². The number of hydrogen-bond donors (Lipinski definition) is 0. The van der Waals surface area contributed by atoms with Gasteiger partial charge in [0.15, 0.2) is 0 Å². The molecular weight excluding hydrogens is 206 g/mol. The fourth-order valence-corrected chi connectivity index (χ4v) is 3.14. The minimum absolute atomic E-state index is 1.22. The maximum Gasteiger partial charge on any atom is 0.0452 e. The van der Waals surface area contributed by atoms with Crippen LogP contribution in [-0.2, 0) is 0 Å². The van der Waals surface area contributed by atoms with Crippen molar-refractivity contribution in [3.05, 3.63) is 42.5 Å². The van der Waals surface area contributed by atoms with Crippen LogP contribution in [0.25, 0.3) is 21.5 Å². The Labute approximate surface area is 101 Å². The fourth-order valence-electron chi connectivity index (χ4n) is 3.14. The van der Waals surface area contributed by atoms with Crippen molar-refractivity contribution in [1.29, 1.82) is 0 Å². The zero-order chi connectivity index (χ0) is 11.2. The molecular formula is C16H15N. The Balaban J connectivity index is 2.05. The van der Waals surface area contributed by atoms with E-state index in [0.29, 0.717) is 0 Å². The highest BCUT2D eigenvalue weighted by Gasteiger charge is 2.17. The quantitative estimate of drug-likeness (QED) is 0.599. The van der Waals surface area contributed by atoms with E-state index in [-0.39, 0.29) is 0 Å². The summed E-state index contributed by atoms with van der Waals surface area (Å²) < 4.78 is 0. The lowest BCUT2D eigenvalue weighted by atomic mass is 10.2. The van der Waals surface area contributed by atoms with Gasteiger partial charge in [0.25, 0.3) is 0 Å². The number of anilines is 1. The number of rotatable bonds is 1.